The highest BCUT2D eigenvalue weighted by Gasteiger charge is 2.57. The first-order valence-electron chi connectivity index (χ1n) is 39.4. The van der Waals surface area contributed by atoms with Crippen LogP contribution in [0.15, 0.2) is 12.2 Å². The molecule has 109 heavy (non-hydrogen) atoms. The van der Waals surface area contributed by atoms with Gasteiger partial charge < -0.3 is 60.0 Å². The molecule has 8 fully saturated rings. The van der Waals surface area contributed by atoms with Gasteiger partial charge in [0.1, 0.15) is 78.3 Å². The quantitative estimate of drug-likeness (QED) is 0.140. The minimum Gasteiger partial charge on any atom is -0.343 e. The lowest BCUT2D eigenvalue weighted by atomic mass is 9.76. The number of hydrogen-bond acceptors (Lipinski definition) is 12. The van der Waals surface area contributed by atoms with Gasteiger partial charge in [0.05, 0.1) is 25.4 Å². The van der Waals surface area contributed by atoms with Crippen molar-refractivity contribution in [2.24, 2.45) is 41.4 Å². The third kappa shape index (κ3) is 20.5. The zero-order chi connectivity index (χ0) is 79.9. The van der Waals surface area contributed by atoms with Gasteiger partial charge in [0, 0.05) is 68.5 Å². The first-order valence-corrected chi connectivity index (χ1v) is 39.4. The lowest BCUT2D eigenvalue weighted by Gasteiger charge is -2.42. The molecule has 4 heterocycles. The Morgan fingerprint density at radius 2 is 1.17 bits per heavy atom. The standard InChI is InChI=1S/C76H113F9N12O12/c1-9-44(2)63-71(107)90(4)43-61(100)91(5)54-21-11-10-16-34-96(70(54)106)58(38-46-24-27-50(77)28-25-46)68(104)89(3)42-59(98)86-53(29-26-47-35-51(78)62(52(79)36-47)76(83,84)85)67(103)97-41-49(75(80,81)82)39-56(97)66(102)88-74(30-14-15-31-74)73(109)94(8)64(48-19-12-13-20-48)72(108)93(7)57(69(105)95-32-17-18-33-95)40-60(99)92(6)55(65(101)87-63)37-45-22-23-45/h10-11,44-58,62-64H,9,12-43H2,1-8H3,(H,86,98)(H,87,101)(H,88,102)/b11-10-/t44-,46?,47?,49+,50?,51?,52?,53-,54-,55-,56-,57-,58-,62?,63-,64-/m0/s1. The molecule has 24 nitrogen and oxygen atoms in total. The molecule has 4 aliphatic heterocycles. The Bertz CT molecular complexity index is 3310. The third-order valence-electron chi connectivity index (χ3n) is 25.3. The van der Waals surface area contributed by atoms with E-state index in [1.807, 2.05) is 0 Å². The maximum Gasteiger partial charge on any atom is 0.397 e. The number of likely N-dealkylation sites (tertiary alicyclic amines) is 1. The van der Waals surface area contributed by atoms with Gasteiger partial charge in [-0.2, -0.15) is 26.3 Å². The Labute approximate surface area is 632 Å². The Morgan fingerprint density at radius 1 is 0.569 bits per heavy atom. The Balaban J connectivity index is 1.11. The summed E-state index contributed by atoms with van der Waals surface area (Å²) >= 11 is 0. The molecule has 3 saturated heterocycles. The highest BCUT2D eigenvalue weighted by atomic mass is 19.4. The van der Waals surface area contributed by atoms with E-state index in [1.165, 1.54) is 61.9 Å². The van der Waals surface area contributed by atoms with Crippen molar-refractivity contribution in [2.75, 3.05) is 81.6 Å². The zero-order valence-electron chi connectivity index (χ0n) is 64.2. The van der Waals surface area contributed by atoms with E-state index in [0.29, 0.717) is 75.8 Å². The summed E-state index contributed by atoms with van der Waals surface area (Å²) in [6.07, 6.45) is -11.6. The summed E-state index contributed by atoms with van der Waals surface area (Å²) in [5.41, 5.74) is -1.93. The molecule has 3 N–H and O–H groups in total. The van der Waals surface area contributed by atoms with Crippen LogP contribution in [0.5, 0.6) is 0 Å². The molecule has 2 bridgehead atoms. The summed E-state index contributed by atoms with van der Waals surface area (Å²) in [4.78, 5) is 192. The van der Waals surface area contributed by atoms with Crippen LogP contribution in [-0.4, -0.2) is 281 Å². The highest BCUT2D eigenvalue weighted by Crippen LogP contribution is 2.46. The number of carbonyl (C=O) groups excluding carboxylic acids is 12. The van der Waals surface area contributed by atoms with E-state index in [4.69, 9.17) is 0 Å². The number of nitrogens with zero attached hydrogens (tertiary/aromatic N) is 9. The first-order chi connectivity index (χ1) is 51.3. The summed E-state index contributed by atoms with van der Waals surface area (Å²) < 4.78 is 133. The van der Waals surface area contributed by atoms with E-state index in [1.54, 1.807) is 26.0 Å². The van der Waals surface area contributed by atoms with Crippen molar-refractivity contribution in [3.05, 3.63) is 12.2 Å². The smallest absolute Gasteiger partial charge is 0.343 e. The number of nitrogens with one attached hydrogen (secondary N) is 3. The van der Waals surface area contributed by atoms with E-state index < -0.39 is 243 Å². The van der Waals surface area contributed by atoms with Crippen LogP contribution in [0.25, 0.3) is 0 Å². The molecule has 0 aromatic carbocycles. The fourth-order valence-electron chi connectivity index (χ4n) is 18.1. The van der Waals surface area contributed by atoms with Crippen molar-refractivity contribution in [3.63, 3.8) is 0 Å². The number of halogens is 9. The largest absolute Gasteiger partial charge is 0.397 e. The number of fused-ring (bicyclic) bond motifs is 3. The molecule has 2 unspecified atom stereocenters. The molecule has 33 heteroatoms. The second-order valence-corrected chi connectivity index (χ2v) is 32.9. The topological polar surface area (TPSA) is 270 Å². The predicted molar refractivity (Wildman–Crippen MR) is 380 cm³/mol. The van der Waals surface area contributed by atoms with E-state index in [9.17, 15) is 41.5 Å². The summed E-state index contributed by atoms with van der Waals surface area (Å²) in [5.74, 6) is -18.4. The molecule has 612 valence electrons. The molecular formula is C76H113F9N12O12. The summed E-state index contributed by atoms with van der Waals surface area (Å²) in [5, 5.41) is 8.10. The summed E-state index contributed by atoms with van der Waals surface area (Å²) in [6, 6.07) is -12.1. The van der Waals surface area contributed by atoms with Crippen LogP contribution in [0.4, 0.5) is 39.5 Å². The second-order valence-electron chi connectivity index (χ2n) is 32.9. The number of rotatable bonds is 11. The lowest BCUT2D eigenvalue weighted by Crippen LogP contribution is -2.65. The monoisotopic (exact) mass is 1560 g/mol. The van der Waals surface area contributed by atoms with Crippen LogP contribution >= 0.6 is 0 Å². The Hall–Kier alpha value is -7.25. The van der Waals surface area contributed by atoms with E-state index in [2.05, 4.69) is 16.0 Å². The van der Waals surface area contributed by atoms with Gasteiger partial charge in [-0.3, -0.25) is 57.5 Å². The van der Waals surface area contributed by atoms with Crippen LogP contribution < -0.4 is 16.0 Å². The van der Waals surface area contributed by atoms with E-state index >= 15 is 55.5 Å². The fraction of sp³-hybridized carbons (Fsp3) is 0.816. The average molecular weight is 1560 g/mol. The maximum absolute atomic E-state index is 15.7. The van der Waals surface area contributed by atoms with Crippen molar-refractivity contribution in [1.29, 1.82) is 0 Å². The van der Waals surface area contributed by atoms with Crippen LogP contribution in [-0.2, 0) is 57.5 Å². The van der Waals surface area contributed by atoms with Gasteiger partial charge in [-0.15, -0.1) is 0 Å². The number of amides is 12. The van der Waals surface area contributed by atoms with Crippen LogP contribution in [0.3, 0.4) is 0 Å². The zero-order valence-corrected chi connectivity index (χ0v) is 64.2. The average Bonchev–Trinajstić information content (AvgIpc) is 1.65. The number of hydrogen-bond donors (Lipinski definition) is 3. The van der Waals surface area contributed by atoms with Crippen LogP contribution in [0.1, 0.15) is 187 Å². The maximum atomic E-state index is 15.7. The molecule has 0 aromatic rings. The van der Waals surface area contributed by atoms with Gasteiger partial charge in [0.15, 0.2) is 0 Å². The van der Waals surface area contributed by atoms with Crippen molar-refractivity contribution in [3.8, 4) is 0 Å². The van der Waals surface area contributed by atoms with Gasteiger partial charge in [-0.05, 0) is 152 Å². The van der Waals surface area contributed by atoms with Gasteiger partial charge in [0.2, 0.25) is 70.9 Å². The molecule has 0 radical (unpaired) electrons. The first kappa shape index (κ1) is 85.7. The number of carbonyl (C=O) groups is 12. The molecular weight excluding hydrogens is 1440 g/mol. The molecule has 1 spiro atoms. The van der Waals surface area contributed by atoms with Gasteiger partial charge in [-0.1, -0.05) is 70.9 Å². The minimum absolute atomic E-state index is 0.00309. The fourth-order valence-corrected chi connectivity index (χ4v) is 18.1. The van der Waals surface area contributed by atoms with Crippen molar-refractivity contribution in [1.82, 2.24) is 60.0 Å². The normalized spacial score (nSPS) is 33.3. The molecule has 12 atom stereocenters. The van der Waals surface area contributed by atoms with Crippen LogP contribution in [0.2, 0.25) is 0 Å². The highest BCUT2D eigenvalue weighted by molar-refractivity contribution is 6.01. The van der Waals surface area contributed by atoms with E-state index in [-0.39, 0.29) is 82.6 Å². The lowest BCUT2D eigenvalue weighted by molar-refractivity contribution is -0.219. The molecule has 12 amide bonds. The van der Waals surface area contributed by atoms with E-state index in [0.717, 1.165) is 32.4 Å². The van der Waals surface area contributed by atoms with Crippen LogP contribution in [0, 0.1) is 41.4 Å². The predicted octanol–water partition coefficient (Wildman–Crippen LogP) is 6.96. The van der Waals surface area contributed by atoms with Crippen molar-refractivity contribution >= 4 is 70.9 Å². The van der Waals surface area contributed by atoms with Crippen molar-refractivity contribution < 1.29 is 97.0 Å². The molecule has 5 saturated carbocycles. The summed E-state index contributed by atoms with van der Waals surface area (Å²) in [7, 11) is 7.98. The second kappa shape index (κ2) is 36.5. The molecule has 9 aliphatic rings. The SMILES string of the molecule is CC[C@H](C)[C@@H]1NC(=O)[C@H](CC2CC2)N(C)C(=O)C[C@@H](C(=O)N2CCCC2)N(C)C(=O)[C@H](C2CCCC2)N(C)C(=O)C2(CCCC2)NC(=O)[C@@H]2C[C@@H](C(F)(F)F)CN2C(=O)[C@H](CCC2CC(F)C(C(F)(F)F)C(F)C2)NC(=O)CN(C)C(=O)[C@H](CC2CCC(F)CC2)N2CC/C=C\C[C@@H](C2=O)N(C)C(=O)CN(C)C1=O. The molecule has 5 aliphatic carbocycles. The van der Waals surface area contributed by atoms with Gasteiger partial charge in [0.25, 0.3) is 0 Å². The molecule has 9 rings (SSSR count). The Kier molecular flexibility index (Phi) is 28.7. The van der Waals surface area contributed by atoms with Crippen molar-refractivity contribution in [2.45, 2.75) is 272 Å². The third-order valence-corrected chi connectivity index (χ3v) is 25.3. The summed E-state index contributed by atoms with van der Waals surface area (Å²) in [6.45, 7) is 1.23. The minimum atomic E-state index is -5.27. The van der Waals surface area contributed by atoms with Gasteiger partial charge >= 0.3 is 12.4 Å². The molecule has 0 aromatic heterocycles. The number of alkyl halides is 9. The van der Waals surface area contributed by atoms with Gasteiger partial charge in [-0.25, -0.2) is 13.2 Å². The number of likely N-dealkylation sites (N-methyl/N-ethyl adjacent to an activating group) is 6. The Morgan fingerprint density at radius 3 is 1.75 bits per heavy atom.